The maximum Gasteiger partial charge on any atom is 0.331 e. The summed E-state index contributed by atoms with van der Waals surface area (Å²) >= 11 is 0. The number of carbonyl (C=O) groups excluding carboxylic acids is 1. The largest absolute Gasteiger partial charge is 0.478 e. The molecule has 0 aromatic heterocycles. The van der Waals surface area contributed by atoms with Gasteiger partial charge in [-0.05, 0) is 19.8 Å². The molecule has 0 saturated carbocycles. The van der Waals surface area contributed by atoms with Crippen LogP contribution in [-0.2, 0) is 14.3 Å². The van der Waals surface area contributed by atoms with E-state index in [1.54, 1.807) is 19.1 Å². The van der Waals surface area contributed by atoms with Crippen molar-refractivity contribution < 1.29 is 24.5 Å². The summed E-state index contributed by atoms with van der Waals surface area (Å²) in [7, 11) is 0. The number of carboxylic acid groups (broad SMARTS) is 1. The van der Waals surface area contributed by atoms with Crippen LogP contribution in [0.5, 0.6) is 0 Å². The van der Waals surface area contributed by atoms with Crippen LogP contribution >= 0.6 is 0 Å². The second kappa shape index (κ2) is 5.79. The first-order chi connectivity index (χ1) is 9.40. The Morgan fingerprint density at radius 3 is 2.80 bits per heavy atom. The number of ether oxygens (including phenoxy) is 1. The van der Waals surface area contributed by atoms with E-state index in [0.29, 0.717) is 12.8 Å². The Balaban J connectivity index is 2.35. The van der Waals surface area contributed by atoms with Gasteiger partial charge in [0.2, 0.25) is 0 Å². The number of carboxylic acids is 1. The molecule has 0 amide bonds. The van der Waals surface area contributed by atoms with E-state index in [1.807, 2.05) is 6.92 Å². The predicted octanol–water partition coefficient (Wildman–Crippen LogP) is 1.67. The van der Waals surface area contributed by atoms with E-state index in [4.69, 9.17) is 4.74 Å². The number of fused-ring (bicyclic) bond motifs is 1. The molecule has 1 heterocycles. The summed E-state index contributed by atoms with van der Waals surface area (Å²) < 4.78 is 5.26. The minimum absolute atomic E-state index is 0.153. The zero-order valence-electron chi connectivity index (χ0n) is 11.7. The van der Waals surface area contributed by atoms with Gasteiger partial charge >= 0.3 is 11.9 Å². The molecule has 0 unspecified atom stereocenters. The first-order valence-electron chi connectivity index (χ1n) is 6.88. The molecule has 110 valence electrons. The molecule has 1 aliphatic heterocycles. The van der Waals surface area contributed by atoms with Crippen molar-refractivity contribution in [2.24, 2.45) is 11.8 Å². The molecule has 0 aromatic rings. The third-order valence-electron chi connectivity index (χ3n) is 4.12. The first-order valence-corrected chi connectivity index (χ1v) is 6.88. The highest BCUT2D eigenvalue weighted by molar-refractivity contribution is 5.87. The molecule has 0 radical (unpaired) electrons. The van der Waals surface area contributed by atoms with E-state index in [1.165, 1.54) is 0 Å². The SMILES string of the molecule is C/C1=C\[C@H](O)[C@H]2[C@H](C)C(=O)O[C@@H]2CC(C(=O)O)=CCC1. The molecule has 1 aliphatic carbocycles. The second-order valence-corrected chi connectivity index (χ2v) is 5.62. The van der Waals surface area contributed by atoms with Crippen LogP contribution in [-0.4, -0.2) is 34.4 Å². The summed E-state index contributed by atoms with van der Waals surface area (Å²) in [5, 5.41) is 19.5. The quantitative estimate of drug-likeness (QED) is 0.564. The molecule has 1 saturated heterocycles. The third-order valence-corrected chi connectivity index (χ3v) is 4.12. The fraction of sp³-hybridized carbons (Fsp3) is 0.600. The van der Waals surface area contributed by atoms with Crippen molar-refractivity contribution in [1.29, 1.82) is 0 Å². The van der Waals surface area contributed by atoms with Crippen LogP contribution in [0, 0.1) is 11.8 Å². The molecule has 2 rings (SSSR count). The smallest absolute Gasteiger partial charge is 0.331 e. The number of aliphatic hydroxyl groups is 1. The van der Waals surface area contributed by atoms with Gasteiger partial charge in [-0.25, -0.2) is 4.79 Å². The summed E-state index contributed by atoms with van der Waals surface area (Å²) in [6.45, 7) is 3.62. The lowest BCUT2D eigenvalue weighted by atomic mass is 9.82. The van der Waals surface area contributed by atoms with E-state index < -0.39 is 30.0 Å². The minimum Gasteiger partial charge on any atom is -0.478 e. The highest BCUT2D eigenvalue weighted by Crippen LogP contribution is 2.36. The Hall–Kier alpha value is -1.62. The van der Waals surface area contributed by atoms with Crippen molar-refractivity contribution in [3.05, 3.63) is 23.3 Å². The van der Waals surface area contributed by atoms with E-state index in [2.05, 4.69) is 0 Å². The highest BCUT2D eigenvalue weighted by atomic mass is 16.6. The van der Waals surface area contributed by atoms with Gasteiger partial charge in [-0.1, -0.05) is 24.6 Å². The molecule has 2 N–H and O–H groups in total. The van der Waals surface area contributed by atoms with Gasteiger partial charge in [0.25, 0.3) is 0 Å². The van der Waals surface area contributed by atoms with Crippen LogP contribution in [0.15, 0.2) is 23.3 Å². The Labute approximate surface area is 117 Å². The van der Waals surface area contributed by atoms with Crippen molar-refractivity contribution in [2.75, 3.05) is 0 Å². The standard InChI is InChI=1S/C15H20O5/c1-8-4-3-5-10(14(17)18)7-12-13(11(16)6-8)9(2)15(19)20-12/h5-6,9,11-13,16H,3-4,7H2,1-2H3,(H,17,18)/b8-6+,10-5?/t9-,11-,12+,13+/m0/s1. The van der Waals surface area contributed by atoms with Crippen molar-refractivity contribution in [2.45, 2.75) is 45.3 Å². The van der Waals surface area contributed by atoms with Crippen LogP contribution in [0.2, 0.25) is 0 Å². The van der Waals surface area contributed by atoms with Gasteiger partial charge in [0, 0.05) is 17.9 Å². The van der Waals surface area contributed by atoms with Crippen LogP contribution < -0.4 is 0 Å². The van der Waals surface area contributed by atoms with Crippen molar-refractivity contribution >= 4 is 11.9 Å². The fourth-order valence-electron chi connectivity index (χ4n) is 2.94. The van der Waals surface area contributed by atoms with Gasteiger partial charge in [-0.2, -0.15) is 0 Å². The van der Waals surface area contributed by atoms with Crippen LogP contribution in [0.3, 0.4) is 0 Å². The van der Waals surface area contributed by atoms with Crippen molar-refractivity contribution in [3.8, 4) is 0 Å². The third kappa shape index (κ3) is 2.93. The average molecular weight is 280 g/mol. The zero-order chi connectivity index (χ0) is 14.9. The molecule has 1 fully saturated rings. The summed E-state index contributed by atoms with van der Waals surface area (Å²) in [4.78, 5) is 23.0. The highest BCUT2D eigenvalue weighted by Gasteiger charge is 2.45. The Morgan fingerprint density at radius 2 is 2.15 bits per heavy atom. The first kappa shape index (κ1) is 14.8. The number of aliphatic hydroxyl groups excluding tert-OH is 1. The molecule has 2 aliphatic rings. The van der Waals surface area contributed by atoms with E-state index in [9.17, 15) is 19.8 Å². The number of hydrogen-bond donors (Lipinski definition) is 2. The minimum atomic E-state index is -0.990. The molecule has 20 heavy (non-hydrogen) atoms. The molecule has 5 nitrogen and oxygen atoms in total. The summed E-state index contributed by atoms with van der Waals surface area (Å²) in [5.74, 6) is -2.17. The zero-order valence-corrected chi connectivity index (χ0v) is 11.7. The molecular weight excluding hydrogens is 260 g/mol. The molecule has 5 heteroatoms. The summed E-state index contributed by atoms with van der Waals surface area (Å²) in [6.07, 6.45) is 3.55. The summed E-state index contributed by atoms with van der Waals surface area (Å²) in [5.41, 5.74) is 1.24. The van der Waals surface area contributed by atoms with Gasteiger partial charge in [-0.15, -0.1) is 0 Å². The second-order valence-electron chi connectivity index (χ2n) is 5.62. The normalized spacial score (nSPS) is 37.2. The molecule has 4 atom stereocenters. The molecule has 0 bridgehead atoms. The van der Waals surface area contributed by atoms with Gasteiger partial charge in [0.15, 0.2) is 0 Å². The molecular formula is C15H20O5. The Bertz CT molecular complexity index is 477. The Morgan fingerprint density at radius 1 is 1.45 bits per heavy atom. The lowest BCUT2D eigenvalue weighted by molar-refractivity contribution is -0.144. The fourth-order valence-corrected chi connectivity index (χ4v) is 2.94. The number of hydrogen-bond acceptors (Lipinski definition) is 4. The number of carbonyl (C=O) groups is 2. The van der Waals surface area contributed by atoms with Crippen molar-refractivity contribution in [3.63, 3.8) is 0 Å². The average Bonchev–Trinajstić information content (AvgIpc) is 2.63. The van der Waals surface area contributed by atoms with Crippen molar-refractivity contribution in [1.82, 2.24) is 0 Å². The number of esters is 1. The van der Waals surface area contributed by atoms with Gasteiger partial charge in [0.1, 0.15) is 6.10 Å². The predicted molar refractivity (Wildman–Crippen MR) is 71.9 cm³/mol. The van der Waals surface area contributed by atoms with Gasteiger partial charge in [-0.3, -0.25) is 4.79 Å². The van der Waals surface area contributed by atoms with Gasteiger partial charge in [0.05, 0.1) is 12.0 Å². The maximum absolute atomic E-state index is 11.7. The lowest BCUT2D eigenvalue weighted by Crippen LogP contribution is -2.32. The molecule has 0 aromatic carbocycles. The summed E-state index contributed by atoms with van der Waals surface area (Å²) in [6, 6.07) is 0. The lowest BCUT2D eigenvalue weighted by Gasteiger charge is -2.24. The molecule has 0 spiro atoms. The van der Waals surface area contributed by atoms with E-state index in [-0.39, 0.29) is 18.0 Å². The topological polar surface area (TPSA) is 83.8 Å². The number of allylic oxidation sites excluding steroid dienone is 2. The Kier molecular flexibility index (Phi) is 4.28. The van der Waals surface area contributed by atoms with Crippen LogP contribution in [0.25, 0.3) is 0 Å². The van der Waals surface area contributed by atoms with E-state index >= 15 is 0 Å². The van der Waals surface area contributed by atoms with Crippen LogP contribution in [0.1, 0.15) is 33.1 Å². The van der Waals surface area contributed by atoms with Crippen LogP contribution in [0.4, 0.5) is 0 Å². The maximum atomic E-state index is 11.7. The number of aliphatic carboxylic acids is 1. The van der Waals surface area contributed by atoms with E-state index in [0.717, 1.165) is 5.57 Å². The monoisotopic (exact) mass is 280 g/mol. The number of rotatable bonds is 1. The van der Waals surface area contributed by atoms with Gasteiger partial charge < -0.3 is 14.9 Å².